The van der Waals surface area contributed by atoms with E-state index < -0.39 is 5.97 Å². The second-order valence-corrected chi connectivity index (χ2v) is 6.39. The number of carbonyl (C=O) groups is 1. The summed E-state index contributed by atoms with van der Waals surface area (Å²) in [6.45, 7) is 8.77. The van der Waals surface area contributed by atoms with Crippen LogP contribution in [0.5, 0.6) is 5.75 Å². The molecular weight excluding hydrogens is 326 g/mol. The molecule has 26 heavy (non-hydrogen) atoms. The summed E-state index contributed by atoms with van der Waals surface area (Å²) in [5, 5.41) is 18.6. The molecular formula is C22H23NO3. The molecule has 0 bridgehead atoms. The summed E-state index contributed by atoms with van der Waals surface area (Å²) in [6.07, 6.45) is 1.84. The summed E-state index contributed by atoms with van der Waals surface area (Å²) in [4.78, 5) is 11.0. The number of nitrogens with zero attached hydrogens (tertiary/aromatic N) is 1. The minimum Gasteiger partial charge on any atom is -0.494 e. The van der Waals surface area contributed by atoms with Crippen LogP contribution in [0.4, 0.5) is 0 Å². The number of ether oxygens (including phenoxy) is 1. The first kappa shape index (κ1) is 19.3. The SMILES string of the molecule is CCOc1cc(C)c(/C=C(/C#N)c2ccc(C(=O)O)cc2)cc1C(C)C. The maximum absolute atomic E-state index is 11.0. The number of rotatable bonds is 6. The van der Waals surface area contributed by atoms with Crippen LogP contribution < -0.4 is 4.74 Å². The van der Waals surface area contributed by atoms with Crippen molar-refractivity contribution in [3.8, 4) is 11.8 Å². The van der Waals surface area contributed by atoms with Gasteiger partial charge in [0.1, 0.15) is 5.75 Å². The molecule has 0 atom stereocenters. The predicted octanol–water partition coefficient (Wildman–Crippen LogP) is 5.28. The van der Waals surface area contributed by atoms with Gasteiger partial charge in [0.2, 0.25) is 0 Å². The second kappa shape index (κ2) is 8.35. The first-order chi connectivity index (χ1) is 12.4. The largest absolute Gasteiger partial charge is 0.494 e. The lowest BCUT2D eigenvalue weighted by molar-refractivity contribution is 0.0697. The normalized spacial score (nSPS) is 11.3. The molecule has 0 unspecified atom stereocenters. The monoisotopic (exact) mass is 349 g/mol. The van der Waals surface area contributed by atoms with Crippen molar-refractivity contribution in [2.24, 2.45) is 0 Å². The van der Waals surface area contributed by atoms with Crippen molar-refractivity contribution in [2.75, 3.05) is 6.61 Å². The smallest absolute Gasteiger partial charge is 0.335 e. The van der Waals surface area contributed by atoms with Gasteiger partial charge in [-0.05, 0) is 72.4 Å². The lowest BCUT2D eigenvalue weighted by atomic mass is 9.94. The van der Waals surface area contributed by atoms with Crippen molar-refractivity contribution in [1.29, 1.82) is 5.26 Å². The Kier molecular flexibility index (Phi) is 6.19. The van der Waals surface area contributed by atoms with E-state index in [1.165, 1.54) is 12.1 Å². The molecule has 1 N–H and O–H groups in total. The van der Waals surface area contributed by atoms with Gasteiger partial charge in [-0.1, -0.05) is 26.0 Å². The van der Waals surface area contributed by atoms with Crippen LogP contribution in [0, 0.1) is 18.3 Å². The van der Waals surface area contributed by atoms with E-state index in [1.807, 2.05) is 26.0 Å². The fraction of sp³-hybridized carbons (Fsp3) is 0.273. The number of carboxylic acid groups (broad SMARTS) is 1. The van der Waals surface area contributed by atoms with Crippen LogP contribution in [0.1, 0.15) is 59.3 Å². The topological polar surface area (TPSA) is 70.3 Å². The third kappa shape index (κ3) is 4.31. The van der Waals surface area contributed by atoms with E-state index in [0.29, 0.717) is 23.7 Å². The Morgan fingerprint density at radius 2 is 1.85 bits per heavy atom. The summed E-state index contributed by atoms with van der Waals surface area (Å²) in [6, 6.07) is 12.6. The Hall–Kier alpha value is -3.06. The molecule has 0 aliphatic carbocycles. The van der Waals surface area contributed by atoms with Gasteiger partial charge in [0.05, 0.1) is 23.8 Å². The summed E-state index contributed by atoms with van der Waals surface area (Å²) >= 11 is 0. The van der Waals surface area contributed by atoms with E-state index in [-0.39, 0.29) is 5.56 Å². The van der Waals surface area contributed by atoms with Gasteiger partial charge in [-0.3, -0.25) is 0 Å². The molecule has 4 nitrogen and oxygen atoms in total. The molecule has 2 rings (SSSR count). The van der Waals surface area contributed by atoms with Gasteiger partial charge >= 0.3 is 5.97 Å². The number of nitriles is 1. The molecule has 0 spiro atoms. The fourth-order valence-electron chi connectivity index (χ4n) is 2.73. The molecule has 0 aromatic heterocycles. The molecule has 0 fully saturated rings. The standard InChI is InChI=1S/C22H23NO3/c1-5-26-21-10-15(4)18(12-20(21)14(2)3)11-19(13-23)16-6-8-17(9-7-16)22(24)25/h6-12,14H,5H2,1-4H3,(H,24,25)/b19-11-. The number of allylic oxidation sites excluding steroid dienone is 1. The number of aryl methyl sites for hydroxylation is 1. The highest BCUT2D eigenvalue weighted by Crippen LogP contribution is 2.31. The van der Waals surface area contributed by atoms with Crippen LogP contribution in [-0.2, 0) is 0 Å². The summed E-state index contributed by atoms with van der Waals surface area (Å²) in [7, 11) is 0. The van der Waals surface area contributed by atoms with Gasteiger partial charge < -0.3 is 9.84 Å². The van der Waals surface area contributed by atoms with E-state index in [2.05, 4.69) is 26.0 Å². The molecule has 0 saturated heterocycles. The number of aromatic carboxylic acids is 1. The predicted molar refractivity (Wildman–Crippen MR) is 103 cm³/mol. The first-order valence-electron chi connectivity index (χ1n) is 8.60. The highest BCUT2D eigenvalue weighted by atomic mass is 16.5. The van der Waals surface area contributed by atoms with Crippen LogP contribution in [0.25, 0.3) is 11.6 Å². The van der Waals surface area contributed by atoms with E-state index >= 15 is 0 Å². The van der Waals surface area contributed by atoms with Crippen LogP contribution in [0.2, 0.25) is 0 Å². The highest BCUT2D eigenvalue weighted by Gasteiger charge is 2.12. The Bertz CT molecular complexity index is 871. The Morgan fingerprint density at radius 3 is 2.35 bits per heavy atom. The van der Waals surface area contributed by atoms with Gasteiger partial charge in [-0.15, -0.1) is 0 Å². The van der Waals surface area contributed by atoms with Gasteiger partial charge in [0.15, 0.2) is 0 Å². The summed E-state index contributed by atoms with van der Waals surface area (Å²) in [5.41, 5.74) is 4.46. The quantitative estimate of drug-likeness (QED) is 0.569. The van der Waals surface area contributed by atoms with E-state index in [9.17, 15) is 10.1 Å². The molecule has 134 valence electrons. The number of hydrogen-bond acceptors (Lipinski definition) is 3. The van der Waals surface area contributed by atoms with E-state index in [0.717, 1.165) is 22.4 Å². The minimum absolute atomic E-state index is 0.199. The van der Waals surface area contributed by atoms with Crippen molar-refractivity contribution in [3.63, 3.8) is 0 Å². The van der Waals surface area contributed by atoms with Gasteiger partial charge in [-0.2, -0.15) is 5.26 Å². The molecule has 0 amide bonds. The molecule has 0 heterocycles. The molecule has 2 aromatic carbocycles. The van der Waals surface area contributed by atoms with Crippen molar-refractivity contribution < 1.29 is 14.6 Å². The average molecular weight is 349 g/mol. The van der Waals surface area contributed by atoms with Crippen LogP contribution >= 0.6 is 0 Å². The zero-order valence-electron chi connectivity index (χ0n) is 15.5. The Morgan fingerprint density at radius 1 is 1.23 bits per heavy atom. The lowest BCUT2D eigenvalue weighted by Gasteiger charge is -2.16. The van der Waals surface area contributed by atoms with Crippen molar-refractivity contribution >= 4 is 17.6 Å². The molecule has 2 aromatic rings. The Labute approximate surface area is 154 Å². The Balaban J connectivity index is 2.50. The molecule has 4 heteroatoms. The van der Waals surface area contributed by atoms with Crippen molar-refractivity contribution in [2.45, 2.75) is 33.6 Å². The molecule has 0 saturated carbocycles. The average Bonchev–Trinajstić information content (AvgIpc) is 2.61. The van der Waals surface area contributed by atoms with Crippen molar-refractivity contribution in [1.82, 2.24) is 0 Å². The van der Waals surface area contributed by atoms with E-state index in [1.54, 1.807) is 12.1 Å². The third-order valence-electron chi connectivity index (χ3n) is 4.18. The van der Waals surface area contributed by atoms with Gasteiger partial charge in [0, 0.05) is 0 Å². The molecule has 0 aliphatic heterocycles. The minimum atomic E-state index is -0.983. The lowest BCUT2D eigenvalue weighted by Crippen LogP contribution is -2.00. The molecule has 0 aliphatic rings. The first-order valence-corrected chi connectivity index (χ1v) is 8.60. The van der Waals surface area contributed by atoms with Crippen LogP contribution in [0.3, 0.4) is 0 Å². The maximum atomic E-state index is 11.0. The second-order valence-electron chi connectivity index (χ2n) is 6.39. The van der Waals surface area contributed by atoms with Gasteiger partial charge in [0.25, 0.3) is 0 Å². The van der Waals surface area contributed by atoms with Gasteiger partial charge in [-0.25, -0.2) is 4.79 Å². The number of carboxylic acids is 1. The highest BCUT2D eigenvalue weighted by molar-refractivity contribution is 5.92. The fourth-order valence-corrected chi connectivity index (χ4v) is 2.73. The zero-order valence-corrected chi connectivity index (χ0v) is 15.5. The van der Waals surface area contributed by atoms with Crippen LogP contribution in [-0.4, -0.2) is 17.7 Å². The van der Waals surface area contributed by atoms with E-state index in [4.69, 9.17) is 9.84 Å². The third-order valence-corrected chi connectivity index (χ3v) is 4.18. The zero-order chi connectivity index (χ0) is 19.3. The van der Waals surface area contributed by atoms with Crippen LogP contribution in [0.15, 0.2) is 36.4 Å². The number of hydrogen-bond donors (Lipinski definition) is 1. The molecule has 0 radical (unpaired) electrons. The van der Waals surface area contributed by atoms with Crippen molar-refractivity contribution in [3.05, 3.63) is 64.2 Å². The summed E-state index contributed by atoms with van der Waals surface area (Å²) in [5.74, 6) is 0.189. The number of benzene rings is 2. The maximum Gasteiger partial charge on any atom is 0.335 e. The summed E-state index contributed by atoms with van der Waals surface area (Å²) < 4.78 is 5.74.